The first-order valence-electron chi connectivity index (χ1n) is 10.8. The van der Waals surface area contributed by atoms with Gasteiger partial charge in [0, 0.05) is 18.3 Å². The molecule has 31 heavy (non-hydrogen) atoms. The molecule has 1 saturated heterocycles. The van der Waals surface area contributed by atoms with Crippen molar-refractivity contribution in [2.24, 2.45) is 7.05 Å². The number of piperazine rings is 1. The maximum absolute atomic E-state index is 4.92. The number of aromatic nitrogens is 4. The summed E-state index contributed by atoms with van der Waals surface area (Å²) in [4.78, 5) is 13.7. The Labute approximate surface area is 182 Å². The minimum atomic E-state index is 0.769. The van der Waals surface area contributed by atoms with Gasteiger partial charge < -0.3 is 15.1 Å². The van der Waals surface area contributed by atoms with Crippen LogP contribution in [0.1, 0.15) is 11.1 Å². The molecule has 7 heteroatoms. The number of anilines is 3. The first-order valence-corrected chi connectivity index (χ1v) is 10.8. The number of hydrogen-bond acceptors (Lipinski definition) is 5. The minimum Gasteiger partial charge on any atom is -0.339 e. The predicted molar refractivity (Wildman–Crippen MR) is 124 cm³/mol. The summed E-state index contributed by atoms with van der Waals surface area (Å²) in [5.41, 5.74) is 4.47. The molecular formula is C24H28N7+. The summed E-state index contributed by atoms with van der Waals surface area (Å²) in [5, 5.41) is 8.86. The van der Waals surface area contributed by atoms with Gasteiger partial charge in [-0.05, 0) is 18.6 Å². The molecule has 4 aromatic rings. The Hall–Kier alpha value is -3.45. The molecule has 0 amide bonds. The largest absolute Gasteiger partial charge is 0.339 e. The molecule has 0 spiro atoms. The first kappa shape index (κ1) is 19.5. The average molecular weight is 415 g/mol. The van der Waals surface area contributed by atoms with E-state index in [1.165, 1.54) is 11.1 Å². The van der Waals surface area contributed by atoms with Gasteiger partial charge in [-0.2, -0.15) is 15.1 Å². The second kappa shape index (κ2) is 8.35. The van der Waals surface area contributed by atoms with Crippen molar-refractivity contribution >= 4 is 28.5 Å². The lowest BCUT2D eigenvalue weighted by Gasteiger charge is -2.32. The van der Waals surface area contributed by atoms with Crippen LogP contribution < -0.4 is 15.1 Å². The lowest BCUT2D eigenvalue weighted by Crippen LogP contribution is -3.13. The predicted octanol–water partition coefficient (Wildman–Crippen LogP) is 2.32. The summed E-state index contributed by atoms with van der Waals surface area (Å²) in [6.07, 6.45) is 1.83. The van der Waals surface area contributed by atoms with E-state index in [1.54, 1.807) is 4.90 Å². The monoisotopic (exact) mass is 414 g/mol. The number of nitrogens with one attached hydrogen (secondary N) is 2. The Bertz CT molecular complexity index is 1180. The standard InChI is InChI=1S/C24H27N7/c1-18-8-6-7-11-21(18)26-22-20-16-25-29(2)23(20)28-24(27-22)31-14-12-30(13-15-31)17-19-9-4-3-5-10-19/h3-11,16H,12-15,17H2,1-2H3,(H,26,27,28)/p+1. The van der Waals surface area contributed by atoms with Crippen LogP contribution in [0.2, 0.25) is 0 Å². The van der Waals surface area contributed by atoms with Crippen molar-refractivity contribution < 1.29 is 4.90 Å². The molecule has 0 radical (unpaired) electrons. The third-order valence-electron chi connectivity index (χ3n) is 6.03. The molecule has 0 saturated carbocycles. The SMILES string of the molecule is Cc1ccccc1Nc1nc(N2CC[NH+](Cc3ccccc3)CC2)nc2c1cnn2C. The fourth-order valence-corrected chi connectivity index (χ4v) is 4.17. The third-order valence-corrected chi connectivity index (χ3v) is 6.03. The molecule has 2 aromatic heterocycles. The molecule has 2 aromatic carbocycles. The van der Waals surface area contributed by atoms with Gasteiger partial charge in [-0.3, -0.25) is 4.68 Å². The maximum Gasteiger partial charge on any atom is 0.229 e. The maximum atomic E-state index is 4.92. The number of quaternary nitrogens is 1. The Morgan fingerprint density at radius 1 is 0.968 bits per heavy atom. The van der Waals surface area contributed by atoms with E-state index in [2.05, 4.69) is 64.7 Å². The third kappa shape index (κ3) is 4.09. The zero-order chi connectivity index (χ0) is 21.2. The summed E-state index contributed by atoms with van der Waals surface area (Å²) in [7, 11) is 1.93. The highest BCUT2D eigenvalue weighted by Crippen LogP contribution is 2.27. The van der Waals surface area contributed by atoms with Crippen LogP contribution in [0.15, 0.2) is 60.8 Å². The Morgan fingerprint density at radius 2 is 1.71 bits per heavy atom. The topological polar surface area (TPSA) is 63.3 Å². The van der Waals surface area contributed by atoms with Gasteiger partial charge in [0.25, 0.3) is 0 Å². The summed E-state index contributed by atoms with van der Waals surface area (Å²) in [6, 6.07) is 19.0. The number of para-hydroxylation sites is 1. The van der Waals surface area contributed by atoms with Crippen molar-refractivity contribution in [3.63, 3.8) is 0 Å². The van der Waals surface area contributed by atoms with E-state index in [4.69, 9.17) is 9.97 Å². The van der Waals surface area contributed by atoms with Crippen molar-refractivity contribution in [1.82, 2.24) is 19.7 Å². The smallest absolute Gasteiger partial charge is 0.229 e. The minimum absolute atomic E-state index is 0.769. The molecule has 0 unspecified atom stereocenters. The van der Waals surface area contributed by atoms with Crippen molar-refractivity contribution in [3.05, 3.63) is 71.9 Å². The molecule has 1 aliphatic heterocycles. The summed E-state index contributed by atoms with van der Waals surface area (Å²) < 4.78 is 1.82. The van der Waals surface area contributed by atoms with E-state index >= 15 is 0 Å². The van der Waals surface area contributed by atoms with Gasteiger partial charge in [0.05, 0.1) is 37.8 Å². The zero-order valence-electron chi connectivity index (χ0n) is 18.0. The number of benzene rings is 2. The van der Waals surface area contributed by atoms with Gasteiger partial charge in [0.1, 0.15) is 12.4 Å². The van der Waals surface area contributed by atoms with Gasteiger partial charge >= 0.3 is 0 Å². The molecule has 0 atom stereocenters. The first-order chi connectivity index (χ1) is 15.2. The van der Waals surface area contributed by atoms with Crippen LogP contribution in [0.4, 0.5) is 17.5 Å². The number of fused-ring (bicyclic) bond motifs is 1. The quantitative estimate of drug-likeness (QED) is 0.525. The second-order valence-electron chi connectivity index (χ2n) is 8.22. The Morgan fingerprint density at radius 3 is 2.48 bits per heavy atom. The van der Waals surface area contributed by atoms with Crippen LogP contribution in [-0.4, -0.2) is 45.9 Å². The molecule has 1 fully saturated rings. The summed E-state index contributed by atoms with van der Waals surface area (Å²) in [5.74, 6) is 1.58. The van der Waals surface area contributed by atoms with Crippen LogP contribution in [0, 0.1) is 6.92 Å². The van der Waals surface area contributed by atoms with E-state index in [1.807, 2.05) is 30.1 Å². The lowest BCUT2D eigenvalue weighted by atomic mass is 10.2. The van der Waals surface area contributed by atoms with E-state index in [9.17, 15) is 0 Å². The second-order valence-corrected chi connectivity index (χ2v) is 8.22. The molecule has 158 valence electrons. The van der Waals surface area contributed by atoms with Crippen molar-refractivity contribution in [1.29, 1.82) is 0 Å². The van der Waals surface area contributed by atoms with Crippen LogP contribution in [0.25, 0.3) is 11.0 Å². The average Bonchev–Trinajstić information content (AvgIpc) is 3.17. The van der Waals surface area contributed by atoms with E-state index in [-0.39, 0.29) is 0 Å². The van der Waals surface area contributed by atoms with Gasteiger partial charge in [-0.15, -0.1) is 0 Å². The number of aryl methyl sites for hydroxylation is 2. The molecule has 7 nitrogen and oxygen atoms in total. The van der Waals surface area contributed by atoms with Crippen molar-refractivity contribution in [3.8, 4) is 0 Å². The van der Waals surface area contributed by atoms with Gasteiger partial charge in [-0.25, -0.2) is 0 Å². The van der Waals surface area contributed by atoms with Gasteiger partial charge in [-0.1, -0.05) is 48.5 Å². The fraction of sp³-hybridized carbons (Fsp3) is 0.292. The number of rotatable bonds is 5. The van der Waals surface area contributed by atoms with E-state index < -0.39 is 0 Å². The van der Waals surface area contributed by atoms with Crippen LogP contribution in [-0.2, 0) is 13.6 Å². The van der Waals surface area contributed by atoms with E-state index in [0.29, 0.717) is 0 Å². The van der Waals surface area contributed by atoms with Crippen molar-refractivity contribution in [2.45, 2.75) is 13.5 Å². The highest BCUT2D eigenvalue weighted by atomic mass is 15.4. The number of hydrogen-bond donors (Lipinski definition) is 2. The van der Waals surface area contributed by atoms with Gasteiger partial charge in [0.2, 0.25) is 5.95 Å². The molecule has 0 bridgehead atoms. The summed E-state index contributed by atoms with van der Waals surface area (Å²) in [6.45, 7) is 7.19. The molecule has 1 aliphatic rings. The van der Waals surface area contributed by atoms with Crippen LogP contribution >= 0.6 is 0 Å². The van der Waals surface area contributed by atoms with Crippen LogP contribution in [0.3, 0.4) is 0 Å². The molecule has 3 heterocycles. The summed E-state index contributed by atoms with van der Waals surface area (Å²) >= 11 is 0. The molecule has 5 rings (SSSR count). The highest BCUT2D eigenvalue weighted by Gasteiger charge is 2.24. The Balaban J connectivity index is 1.38. The van der Waals surface area contributed by atoms with E-state index in [0.717, 1.165) is 61.2 Å². The lowest BCUT2D eigenvalue weighted by molar-refractivity contribution is -0.914. The zero-order valence-corrected chi connectivity index (χ0v) is 18.0. The number of nitrogens with zero attached hydrogens (tertiary/aromatic N) is 5. The normalized spacial score (nSPS) is 14.8. The molecular weight excluding hydrogens is 386 g/mol. The fourth-order valence-electron chi connectivity index (χ4n) is 4.17. The Kier molecular flexibility index (Phi) is 5.26. The van der Waals surface area contributed by atoms with Gasteiger partial charge in [0.15, 0.2) is 5.65 Å². The molecule has 2 N–H and O–H groups in total. The highest BCUT2D eigenvalue weighted by molar-refractivity contribution is 5.89. The van der Waals surface area contributed by atoms with Crippen molar-refractivity contribution in [2.75, 3.05) is 36.4 Å². The molecule has 0 aliphatic carbocycles. The van der Waals surface area contributed by atoms with Crippen LogP contribution in [0.5, 0.6) is 0 Å².